The van der Waals surface area contributed by atoms with E-state index in [2.05, 4.69) is 25.9 Å². The highest BCUT2D eigenvalue weighted by Gasteiger charge is 2.21. The van der Waals surface area contributed by atoms with Crippen LogP contribution in [-0.2, 0) is 11.2 Å². The van der Waals surface area contributed by atoms with Gasteiger partial charge in [-0.3, -0.25) is 4.79 Å². The van der Waals surface area contributed by atoms with Gasteiger partial charge in [-0.05, 0) is 68.2 Å². The Morgan fingerprint density at radius 1 is 1.06 bits per heavy atom. The molecule has 0 atom stereocenters. The summed E-state index contributed by atoms with van der Waals surface area (Å²) in [5, 5.41) is 9.64. The molecule has 8 nitrogen and oxygen atoms in total. The van der Waals surface area contributed by atoms with Crippen LogP contribution >= 0.6 is 0 Å². The van der Waals surface area contributed by atoms with Crippen LogP contribution in [0.15, 0.2) is 54.7 Å². The Kier molecular flexibility index (Phi) is 7.93. The van der Waals surface area contributed by atoms with Gasteiger partial charge in [0.2, 0.25) is 11.9 Å². The molecule has 34 heavy (non-hydrogen) atoms. The van der Waals surface area contributed by atoms with E-state index in [-0.39, 0.29) is 11.8 Å². The SMILES string of the molecule is COc1ccc(CCNc2nccc(-c3cccc(NC(=O)C4CCNCC4)c3)n2)cc1OC. The first-order chi connectivity index (χ1) is 16.7. The van der Waals surface area contributed by atoms with E-state index in [9.17, 15) is 4.79 Å². The summed E-state index contributed by atoms with van der Waals surface area (Å²) in [6.45, 7) is 2.45. The van der Waals surface area contributed by atoms with Crippen molar-refractivity contribution in [3.8, 4) is 22.8 Å². The minimum absolute atomic E-state index is 0.0606. The van der Waals surface area contributed by atoms with Gasteiger partial charge in [0.1, 0.15) is 0 Å². The van der Waals surface area contributed by atoms with Crippen LogP contribution in [0.3, 0.4) is 0 Å². The Balaban J connectivity index is 1.37. The van der Waals surface area contributed by atoms with Crippen molar-refractivity contribution in [2.75, 3.05) is 44.5 Å². The highest BCUT2D eigenvalue weighted by Crippen LogP contribution is 2.28. The van der Waals surface area contributed by atoms with Crippen LogP contribution in [0.25, 0.3) is 11.3 Å². The average Bonchev–Trinajstić information content (AvgIpc) is 2.89. The number of carbonyl (C=O) groups is 1. The van der Waals surface area contributed by atoms with Gasteiger partial charge in [0.15, 0.2) is 11.5 Å². The molecule has 3 aromatic rings. The maximum atomic E-state index is 12.6. The lowest BCUT2D eigenvalue weighted by atomic mass is 9.97. The Hall–Kier alpha value is -3.65. The Bertz CT molecular complexity index is 1120. The molecule has 178 valence electrons. The molecule has 0 bridgehead atoms. The summed E-state index contributed by atoms with van der Waals surface area (Å²) in [5.74, 6) is 2.13. The second-order valence-electron chi connectivity index (χ2n) is 8.23. The predicted molar refractivity (Wildman–Crippen MR) is 133 cm³/mol. The lowest BCUT2D eigenvalue weighted by Crippen LogP contribution is -2.34. The zero-order valence-corrected chi connectivity index (χ0v) is 19.6. The number of anilines is 2. The number of aromatic nitrogens is 2. The van der Waals surface area contributed by atoms with E-state index in [0.29, 0.717) is 24.0 Å². The van der Waals surface area contributed by atoms with Crippen molar-refractivity contribution in [2.24, 2.45) is 5.92 Å². The summed E-state index contributed by atoms with van der Waals surface area (Å²) >= 11 is 0. The van der Waals surface area contributed by atoms with E-state index in [1.54, 1.807) is 20.4 Å². The van der Waals surface area contributed by atoms with Crippen LogP contribution in [0.5, 0.6) is 11.5 Å². The maximum absolute atomic E-state index is 12.6. The molecule has 1 aromatic heterocycles. The molecule has 0 saturated carbocycles. The van der Waals surface area contributed by atoms with Crippen LogP contribution in [0.2, 0.25) is 0 Å². The van der Waals surface area contributed by atoms with E-state index in [0.717, 1.165) is 54.9 Å². The molecule has 1 aliphatic rings. The third-order valence-corrected chi connectivity index (χ3v) is 5.94. The fraction of sp³-hybridized carbons (Fsp3) is 0.346. The molecule has 8 heteroatoms. The van der Waals surface area contributed by atoms with Crippen molar-refractivity contribution in [2.45, 2.75) is 19.3 Å². The molecule has 2 aromatic carbocycles. The van der Waals surface area contributed by atoms with E-state index < -0.39 is 0 Å². The molecular formula is C26H31N5O3. The summed E-state index contributed by atoms with van der Waals surface area (Å²) in [4.78, 5) is 21.6. The number of hydrogen-bond acceptors (Lipinski definition) is 7. The van der Waals surface area contributed by atoms with Gasteiger partial charge in [0.05, 0.1) is 19.9 Å². The van der Waals surface area contributed by atoms with Gasteiger partial charge in [0, 0.05) is 29.9 Å². The van der Waals surface area contributed by atoms with Gasteiger partial charge in [-0.2, -0.15) is 0 Å². The average molecular weight is 462 g/mol. The quantitative estimate of drug-likeness (QED) is 0.446. The van der Waals surface area contributed by atoms with Gasteiger partial charge in [0.25, 0.3) is 0 Å². The molecule has 4 rings (SSSR count). The van der Waals surface area contributed by atoms with Crippen molar-refractivity contribution in [3.05, 3.63) is 60.3 Å². The van der Waals surface area contributed by atoms with Gasteiger partial charge in [-0.1, -0.05) is 18.2 Å². The molecule has 1 fully saturated rings. The molecule has 0 spiro atoms. The number of methoxy groups -OCH3 is 2. The molecule has 3 N–H and O–H groups in total. The third kappa shape index (κ3) is 6.02. The number of hydrogen-bond donors (Lipinski definition) is 3. The zero-order chi connectivity index (χ0) is 23.8. The Morgan fingerprint density at radius 3 is 2.68 bits per heavy atom. The first kappa shape index (κ1) is 23.5. The fourth-order valence-electron chi connectivity index (χ4n) is 4.04. The molecule has 1 saturated heterocycles. The van der Waals surface area contributed by atoms with Gasteiger partial charge in [-0.25, -0.2) is 9.97 Å². The van der Waals surface area contributed by atoms with Crippen molar-refractivity contribution >= 4 is 17.5 Å². The smallest absolute Gasteiger partial charge is 0.227 e. The molecule has 0 unspecified atom stereocenters. The summed E-state index contributed by atoms with van der Waals surface area (Å²) in [7, 11) is 3.26. The molecule has 1 aliphatic heterocycles. The number of carbonyl (C=O) groups excluding carboxylic acids is 1. The Labute approximate surface area is 200 Å². The van der Waals surface area contributed by atoms with E-state index >= 15 is 0 Å². The van der Waals surface area contributed by atoms with E-state index in [1.165, 1.54) is 0 Å². The molecular weight excluding hydrogens is 430 g/mol. The number of nitrogens with zero attached hydrogens (tertiary/aromatic N) is 2. The minimum atomic E-state index is 0.0606. The first-order valence-electron chi connectivity index (χ1n) is 11.6. The third-order valence-electron chi connectivity index (χ3n) is 5.94. The monoisotopic (exact) mass is 461 g/mol. The normalized spacial score (nSPS) is 13.8. The van der Waals surface area contributed by atoms with Crippen molar-refractivity contribution in [1.82, 2.24) is 15.3 Å². The molecule has 2 heterocycles. The van der Waals surface area contributed by atoms with Crippen LogP contribution in [0, 0.1) is 5.92 Å². The van der Waals surface area contributed by atoms with Crippen LogP contribution in [-0.4, -0.2) is 49.7 Å². The minimum Gasteiger partial charge on any atom is -0.493 e. The lowest BCUT2D eigenvalue weighted by Gasteiger charge is -2.21. The van der Waals surface area contributed by atoms with Crippen molar-refractivity contribution in [3.63, 3.8) is 0 Å². The number of piperidine rings is 1. The maximum Gasteiger partial charge on any atom is 0.227 e. The molecule has 0 aliphatic carbocycles. The van der Waals surface area contributed by atoms with Gasteiger partial charge < -0.3 is 25.4 Å². The number of ether oxygens (including phenoxy) is 2. The van der Waals surface area contributed by atoms with Gasteiger partial charge in [-0.15, -0.1) is 0 Å². The lowest BCUT2D eigenvalue weighted by molar-refractivity contribution is -0.120. The standard InChI is InChI=1S/C26H31N5O3/c1-33-23-7-6-18(16-24(23)34-2)8-14-28-26-29-15-11-22(31-26)20-4-3-5-21(17-20)30-25(32)19-9-12-27-13-10-19/h3-7,11,15-17,19,27H,8-10,12-14H2,1-2H3,(H,30,32)(H,28,29,31). The highest BCUT2D eigenvalue weighted by atomic mass is 16.5. The zero-order valence-electron chi connectivity index (χ0n) is 19.6. The number of rotatable bonds is 9. The second-order valence-corrected chi connectivity index (χ2v) is 8.23. The summed E-state index contributed by atoms with van der Waals surface area (Å²) < 4.78 is 10.7. The molecule has 1 amide bonds. The van der Waals surface area contributed by atoms with E-state index in [1.807, 2.05) is 48.5 Å². The van der Waals surface area contributed by atoms with Crippen LogP contribution < -0.4 is 25.4 Å². The van der Waals surface area contributed by atoms with Crippen LogP contribution in [0.1, 0.15) is 18.4 Å². The van der Waals surface area contributed by atoms with Crippen molar-refractivity contribution < 1.29 is 14.3 Å². The first-order valence-corrected chi connectivity index (χ1v) is 11.6. The van der Waals surface area contributed by atoms with E-state index in [4.69, 9.17) is 9.47 Å². The predicted octanol–water partition coefficient (Wildman–Crippen LogP) is 3.75. The second kappa shape index (κ2) is 11.5. The van der Waals surface area contributed by atoms with Gasteiger partial charge >= 0.3 is 0 Å². The number of amides is 1. The molecule has 0 radical (unpaired) electrons. The Morgan fingerprint density at radius 2 is 1.88 bits per heavy atom. The topological polar surface area (TPSA) is 97.4 Å². The summed E-state index contributed by atoms with van der Waals surface area (Å²) in [5.41, 5.74) is 3.62. The fourth-order valence-corrected chi connectivity index (χ4v) is 4.04. The van der Waals surface area contributed by atoms with Crippen LogP contribution in [0.4, 0.5) is 11.6 Å². The summed E-state index contributed by atoms with van der Waals surface area (Å²) in [6, 6.07) is 15.5. The largest absolute Gasteiger partial charge is 0.493 e. The highest BCUT2D eigenvalue weighted by molar-refractivity contribution is 5.93. The number of benzene rings is 2. The van der Waals surface area contributed by atoms with Crippen molar-refractivity contribution in [1.29, 1.82) is 0 Å². The summed E-state index contributed by atoms with van der Waals surface area (Å²) in [6.07, 6.45) is 4.26. The number of nitrogens with one attached hydrogen (secondary N) is 3.